The maximum Gasteiger partial charge on any atom is 0.270 e. The molecule has 0 atom stereocenters. The predicted octanol–water partition coefficient (Wildman–Crippen LogP) is 3.98. The normalized spacial score (nSPS) is 10.4. The molecule has 0 aliphatic heterocycles. The molecule has 1 amide bonds. The van der Waals surface area contributed by atoms with E-state index in [1.807, 2.05) is 55.5 Å². The van der Waals surface area contributed by atoms with Gasteiger partial charge in [-0.15, -0.1) is 0 Å². The van der Waals surface area contributed by atoms with E-state index in [4.69, 9.17) is 11.6 Å². The van der Waals surface area contributed by atoms with Crippen LogP contribution in [0.3, 0.4) is 0 Å². The molecule has 0 aliphatic carbocycles. The Morgan fingerprint density at radius 1 is 1.00 bits per heavy atom. The molecule has 0 fully saturated rings. The van der Waals surface area contributed by atoms with Crippen LogP contribution in [0.2, 0.25) is 5.02 Å². The number of rotatable bonds is 6. The molecule has 0 bridgehead atoms. The van der Waals surface area contributed by atoms with Gasteiger partial charge >= 0.3 is 0 Å². The Kier molecular flexibility index (Phi) is 5.81. The molecule has 0 spiro atoms. The first kappa shape index (κ1) is 17.9. The summed E-state index contributed by atoms with van der Waals surface area (Å²) in [6.07, 6.45) is 1.38. The third-order valence-corrected chi connectivity index (χ3v) is 4.07. The molecular weight excluding hydrogens is 348 g/mol. The van der Waals surface area contributed by atoms with Crippen molar-refractivity contribution >= 4 is 23.3 Å². The molecule has 3 rings (SSSR count). The molecule has 26 heavy (non-hydrogen) atoms. The van der Waals surface area contributed by atoms with Crippen LogP contribution in [0.15, 0.2) is 60.9 Å². The molecule has 1 aromatic heterocycles. The molecule has 0 saturated heterocycles. The van der Waals surface area contributed by atoms with Crippen LogP contribution in [0, 0.1) is 6.92 Å². The SMILES string of the molecule is Cc1cccc(CNC(=O)c2cc(NCc3ccc(Cl)cc3)ncn2)c1. The summed E-state index contributed by atoms with van der Waals surface area (Å²) in [6.45, 7) is 3.06. The number of nitrogens with one attached hydrogen (secondary N) is 2. The van der Waals surface area contributed by atoms with E-state index in [1.54, 1.807) is 6.07 Å². The number of nitrogens with zero attached hydrogens (tertiary/aromatic N) is 2. The highest BCUT2D eigenvalue weighted by Gasteiger charge is 2.08. The van der Waals surface area contributed by atoms with E-state index < -0.39 is 0 Å². The van der Waals surface area contributed by atoms with Crippen LogP contribution in [0.5, 0.6) is 0 Å². The Balaban J connectivity index is 1.59. The number of aromatic nitrogens is 2. The Labute approximate surface area is 157 Å². The summed E-state index contributed by atoms with van der Waals surface area (Å²) < 4.78 is 0. The summed E-state index contributed by atoms with van der Waals surface area (Å²) >= 11 is 5.88. The average molecular weight is 367 g/mol. The van der Waals surface area contributed by atoms with E-state index in [1.165, 1.54) is 6.33 Å². The molecule has 2 N–H and O–H groups in total. The fourth-order valence-electron chi connectivity index (χ4n) is 2.47. The van der Waals surface area contributed by atoms with Crippen molar-refractivity contribution in [3.05, 3.63) is 88.3 Å². The zero-order chi connectivity index (χ0) is 18.4. The van der Waals surface area contributed by atoms with Gasteiger partial charge in [0.25, 0.3) is 5.91 Å². The number of amides is 1. The van der Waals surface area contributed by atoms with Crippen molar-refractivity contribution in [2.24, 2.45) is 0 Å². The summed E-state index contributed by atoms with van der Waals surface area (Å²) in [7, 11) is 0. The fourth-order valence-corrected chi connectivity index (χ4v) is 2.59. The molecule has 5 nitrogen and oxygen atoms in total. The highest BCUT2D eigenvalue weighted by Crippen LogP contribution is 2.12. The Morgan fingerprint density at radius 3 is 2.58 bits per heavy atom. The second-order valence-corrected chi connectivity index (χ2v) is 6.38. The minimum absolute atomic E-state index is 0.233. The largest absolute Gasteiger partial charge is 0.366 e. The van der Waals surface area contributed by atoms with Crippen LogP contribution in [-0.4, -0.2) is 15.9 Å². The number of carbonyl (C=O) groups is 1. The molecule has 2 aromatic carbocycles. The number of hydrogen-bond acceptors (Lipinski definition) is 4. The van der Waals surface area contributed by atoms with E-state index >= 15 is 0 Å². The Hall–Kier alpha value is -2.92. The molecule has 132 valence electrons. The molecule has 3 aromatic rings. The zero-order valence-electron chi connectivity index (χ0n) is 14.4. The van der Waals surface area contributed by atoms with Gasteiger partial charge in [-0.25, -0.2) is 9.97 Å². The predicted molar refractivity (Wildman–Crippen MR) is 103 cm³/mol. The van der Waals surface area contributed by atoms with E-state index in [9.17, 15) is 4.79 Å². The van der Waals surface area contributed by atoms with Crippen LogP contribution in [0.4, 0.5) is 5.82 Å². The van der Waals surface area contributed by atoms with E-state index in [2.05, 4.69) is 20.6 Å². The van der Waals surface area contributed by atoms with Crippen LogP contribution in [0.1, 0.15) is 27.2 Å². The number of hydrogen-bond donors (Lipinski definition) is 2. The first-order chi connectivity index (χ1) is 12.6. The number of halogens is 1. The van der Waals surface area contributed by atoms with Crippen LogP contribution in [0.25, 0.3) is 0 Å². The van der Waals surface area contributed by atoms with Gasteiger partial charge in [-0.1, -0.05) is 53.6 Å². The monoisotopic (exact) mass is 366 g/mol. The van der Waals surface area contributed by atoms with E-state index in [0.717, 1.165) is 16.7 Å². The summed E-state index contributed by atoms with van der Waals surface area (Å²) in [4.78, 5) is 20.5. The second-order valence-electron chi connectivity index (χ2n) is 5.94. The van der Waals surface area contributed by atoms with Gasteiger partial charge in [0.15, 0.2) is 0 Å². The van der Waals surface area contributed by atoms with E-state index in [0.29, 0.717) is 29.6 Å². The highest BCUT2D eigenvalue weighted by molar-refractivity contribution is 6.30. The lowest BCUT2D eigenvalue weighted by Crippen LogP contribution is -2.24. The maximum atomic E-state index is 12.3. The standard InChI is InChI=1S/C20H19ClN4O/c1-14-3-2-4-16(9-14)12-23-20(26)18-10-19(25-13-24-18)22-11-15-5-7-17(21)8-6-15/h2-10,13H,11-12H2,1H3,(H,23,26)(H,22,24,25). The van der Waals surface area contributed by atoms with Crippen molar-refractivity contribution in [2.45, 2.75) is 20.0 Å². The lowest BCUT2D eigenvalue weighted by atomic mass is 10.1. The van der Waals surface area contributed by atoms with Crippen LogP contribution < -0.4 is 10.6 Å². The Morgan fingerprint density at radius 2 is 1.81 bits per heavy atom. The smallest absolute Gasteiger partial charge is 0.270 e. The van der Waals surface area contributed by atoms with Crippen molar-refractivity contribution < 1.29 is 4.79 Å². The van der Waals surface area contributed by atoms with Crippen molar-refractivity contribution in [3.8, 4) is 0 Å². The minimum Gasteiger partial charge on any atom is -0.366 e. The van der Waals surface area contributed by atoms with Gasteiger partial charge in [0.1, 0.15) is 17.8 Å². The number of anilines is 1. The summed E-state index contributed by atoms with van der Waals surface area (Å²) in [5.41, 5.74) is 3.60. The molecule has 0 aliphatic rings. The summed E-state index contributed by atoms with van der Waals surface area (Å²) in [5.74, 6) is 0.360. The average Bonchev–Trinajstić information content (AvgIpc) is 2.66. The van der Waals surface area contributed by atoms with Crippen molar-refractivity contribution in [2.75, 3.05) is 5.32 Å². The first-order valence-corrected chi connectivity index (χ1v) is 8.62. The number of benzene rings is 2. The van der Waals surface area contributed by atoms with Gasteiger partial charge in [-0.05, 0) is 30.2 Å². The molecule has 0 unspecified atom stereocenters. The van der Waals surface area contributed by atoms with Crippen molar-refractivity contribution in [1.82, 2.24) is 15.3 Å². The van der Waals surface area contributed by atoms with Crippen LogP contribution in [-0.2, 0) is 13.1 Å². The molecule has 6 heteroatoms. The van der Waals surface area contributed by atoms with Gasteiger partial charge in [0, 0.05) is 24.2 Å². The Bertz CT molecular complexity index is 896. The molecular formula is C20H19ClN4O. The summed E-state index contributed by atoms with van der Waals surface area (Å²) in [5, 5.41) is 6.76. The highest BCUT2D eigenvalue weighted by atomic mass is 35.5. The molecule has 0 radical (unpaired) electrons. The molecule has 1 heterocycles. The van der Waals surface area contributed by atoms with Gasteiger partial charge < -0.3 is 10.6 Å². The number of aryl methyl sites for hydroxylation is 1. The van der Waals surface area contributed by atoms with Gasteiger partial charge in [-0.3, -0.25) is 4.79 Å². The fraction of sp³-hybridized carbons (Fsp3) is 0.150. The lowest BCUT2D eigenvalue weighted by molar-refractivity contribution is 0.0946. The second kappa shape index (κ2) is 8.45. The molecule has 0 saturated carbocycles. The summed E-state index contributed by atoms with van der Waals surface area (Å²) in [6, 6.07) is 17.2. The quantitative estimate of drug-likeness (QED) is 0.692. The van der Waals surface area contributed by atoms with E-state index in [-0.39, 0.29) is 5.91 Å². The van der Waals surface area contributed by atoms with Gasteiger partial charge in [-0.2, -0.15) is 0 Å². The third-order valence-electron chi connectivity index (χ3n) is 3.82. The van der Waals surface area contributed by atoms with Gasteiger partial charge in [0.05, 0.1) is 0 Å². The third kappa shape index (κ3) is 5.04. The maximum absolute atomic E-state index is 12.3. The topological polar surface area (TPSA) is 66.9 Å². The van der Waals surface area contributed by atoms with Gasteiger partial charge in [0.2, 0.25) is 0 Å². The van der Waals surface area contributed by atoms with Crippen LogP contribution >= 0.6 is 11.6 Å². The number of carbonyl (C=O) groups excluding carboxylic acids is 1. The first-order valence-electron chi connectivity index (χ1n) is 8.24. The van der Waals surface area contributed by atoms with Crippen molar-refractivity contribution in [3.63, 3.8) is 0 Å². The van der Waals surface area contributed by atoms with Crippen molar-refractivity contribution in [1.29, 1.82) is 0 Å². The lowest BCUT2D eigenvalue weighted by Gasteiger charge is -2.08. The minimum atomic E-state index is -0.233. The zero-order valence-corrected chi connectivity index (χ0v) is 15.1.